The van der Waals surface area contributed by atoms with Crippen LogP contribution >= 0.6 is 11.6 Å². The molecule has 0 bridgehead atoms. The molecule has 0 saturated heterocycles. The maximum atomic E-state index is 12.1. The van der Waals surface area contributed by atoms with Gasteiger partial charge in [0.2, 0.25) is 5.91 Å². The average Bonchev–Trinajstić information content (AvgIpc) is 2.50. The van der Waals surface area contributed by atoms with Gasteiger partial charge in [0.05, 0.1) is 0 Å². The van der Waals surface area contributed by atoms with Crippen LogP contribution < -0.4 is 10.6 Å². The molecule has 0 spiro atoms. The second-order valence-corrected chi connectivity index (χ2v) is 5.43. The van der Waals surface area contributed by atoms with E-state index in [0.29, 0.717) is 16.3 Å². The van der Waals surface area contributed by atoms with E-state index in [-0.39, 0.29) is 11.7 Å². The van der Waals surface area contributed by atoms with Crippen LogP contribution in [-0.2, 0) is 4.79 Å². The predicted molar refractivity (Wildman–Crippen MR) is 89.6 cm³/mol. The first kappa shape index (κ1) is 16.0. The largest absolute Gasteiger partial charge is 0.374 e. The maximum Gasteiger partial charge on any atom is 0.246 e. The van der Waals surface area contributed by atoms with E-state index in [1.165, 1.54) is 6.92 Å². The molecule has 0 aliphatic heterocycles. The number of ketones is 1. The summed E-state index contributed by atoms with van der Waals surface area (Å²) in [7, 11) is 0. The summed E-state index contributed by atoms with van der Waals surface area (Å²) in [6.07, 6.45) is 0. The van der Waals surface area contributed by atoms with Crippen molar-refractivity contribution in [2.24, 2.45) is 0 Å². The molecule has 1 atom stereocenters. The molecule has 2 aromatic carbocycles. The van der Waals surface area contributed by atoms with Crippen LogP contribution in [0.1, 0.15) is 24.2 Å². The van der Waals surface area contributed by atoms with Gasteiger partial charge in [-0.15, -0.1) is 0 Å². The second-order valence-electron chi connectivity index (χ2n) is 5.00. The molecule has 0 aliphatic carbocycles. The van der Waals surface area contributed by atoms with Crippen molar-refractivity contribution in [3.05, 3.63) is 59.1 Å². The van der Waals surface area contributed by atoms with Gasteiger partial charge in [0.15, 0.2) is 5.78 Å². The van der Waals surface area contributed by atoms with E-state index < -0.39 is 6.04 Å². The normalized spacial score (nSPS) is 11.6. The van der Waals surface area contributed by atoms with Gasteiger partial charge in [0, 0.05) is 22.0 Å². The number of benzene rings is 2. The number of anilines is 2. The Kier molecular flexibility index (Phi) is 5.17. The van der Waals surface area contributed by atoms with Crippen molar-refractivity contribution < 1.29 is 9.59 Å². The zero-order chi connectivity index (χ0) is 16.1. The SMILES string of the molecule is CC(=O)c1ccc(NC(=O)[C@H](C)Nc2ccc(Cl)cc2)cc1. The lowest BCUT2D eigenvalue weighted by Crippen LogP contribution is -2.31. The van der Waals surface area contributed by atoms with Crippen LogP contribution in [0.2, 0.25) is 5.02 Å². The highest BCUT2D eigenvalue weighted by Gasteiger charge is 2.13. The van der Waals surface area contributed by atoms with E-state index in [0.717, 1.165) is 5.69 Å². The molecule has 2 aromatic rings. The fourth-order valence-electron chi connectivity index (χ4n) is 1.90. The minimum absolute atomic E-state index is 0.00403. The van der Waals surface area contributed by atoms with Crippen LogP contribution in [0.15, 0.2) is 48.5 Å². The molecular formula is C17H17ClN2O2. The van der Waals surface area contributed by atoms with Crippen LogP contribution in [0, 0.1) is 0 Å². The highest BCUT2D eigenvalue weighted by molar-refractivity contribution is 6.30. The van der Waals surface area contributed by atoms with Crippen LogP contribution in [0.3, 0.4) is 0 Å². The van der Waals surface area contributed by atoms with E-state index in [1.54, 1.807) is 43.3 Å². The lowest BCUT2D eigenvalue weighted by Gasteiger charge is -2.15. The molecule has 0 aromatic heterocycles. The smallest absolute Gasteiger partial charge is 0.246 e. The lowest BCUT2D eigenvalue weighted by molar-refractivity contribution is -0.116. The van der Waals surface area contributed by atoms with Crippen molar-refractivity contribution in [3.8, 4) is 0 Å². The van der Waals surface area contributed by atoms with Gasteiger partial charge in [-0.2, -0.15) is 0 Å². The van der Waals surface area contributed by atoms with Gasteiger partial charge in [-0.1, -0.05) is 11.6 Å². The molecule has 114 valence electrons. The highest BCUT2D eigenvalue weighted by Crippen LogP contribution is 2.15. The molecule has 0 aliphatic rings. The molecule has 22 heavy (non-hydrogen) atoms. The molecule has 1 amide bonds. The Labute approximate surface area is 134 Å². The number of Topliss-reactive ketones (excluding diaryl/α,β-unsaturated/α-hetero) is 1. The fraction of sp³-hybridized carbons (Fsp3) is 0.176. The van der Waals surface area contributed by atoms with E-state index in [9.17, 15) is 9.59 Å². The van der Waals surface area contributed by atoms with Crippen LogP contribution in [-0.4, -0.2) is 17.7 Å². The summed E-state index contributed by atoms with van der Waals surface area (Å²) in [6.45, 7) is 3.28. The monoisotopic (exact) mass is 316 g/mol. The topological polar surface area (TPSA) is 58.2 Å². The van der Waals surface area contributed by atoms with Crippen LogP contribution in [0.25, 0.3) is 0 Å². The van der Waals surface area contributed by atoms with Crippen molar-refractivity contribution in [3.63, 3.8) is 0 Å². The number of carbonyl (C=O) groups is 2. The number of hydrogen-bond acceptors (Lipinski definition) is 3. The van der Waals surface area contributed by atoms with Gasteiger partial charge in [-0.25, -0.2) is 0 Å². The zero-order valence-electron chi connectivity index (χ0n) is 12.4. The van der Waals surface area contributed by atoms with E-state index >= 15 is 0 Å². The highest BCUT2D eigenvalue weighted by atomic mass is 35.5. The van der Waals surface area contributed by atoms with Gasteiger partial charge in [-0.05, 0) is 62.4 Å². The molecule has 0 saturated carbocycles. The van der Waals surface area contributed by atoms with Gasteiger partial charge in [0.1, 0.15) is 6.04 Å². The Morgan fingerprint density at radius 1 is 0.955 bits per heavy atom. The number of carbonyl (C=O) groups excluding carboxylic acids is 2. The van der Waals surface area contributed by atoms with Crippen molar-refractivity contribution >= 4 is 34.7 Å². The zero-order valence-corrected chi connectivity index (χ0v) is 13.1. The number of rotatable bonds is 5. The van der Waals surface area contributed by atoms with Crippen molar-refractivity contribution in [2.75, 3.05) is 10.6 Å². The van der Waals surface area contributed by atoms with E-state index in [1.807, 2.05) is 12.1 Å². The van der Waals surface area contributed by atoms with E-state index in [4.69, 9.17) is 11.6 Å². The van der Waals surface area contributed by atoms with Gasteiger partial charge in [0.25, 0.3) is 0 Å². The second kappa shape index (κ2) is 7.09. The molecule has 5 heteroatoms. The summed E-state index contributed by atoms with van der Waals surface area (Å²) in [5, 5.41) is 6.54. The Bertz CT molecular complexity index is 666. The molecule has 0 radical (unpaired) electrons. The van der Waals surface area contributed by atoms with E-state index in [2.05, 4.69) is 10.6 Å². The molecule has 2 N–H and O–H groups in total. The molecule has 0 fully saturated rings. The Balaban J connectivity index is 1.95. The van der Waals surface area contributed by atoms with Gasteiger partial charge < -0.3 is 10.6 Å². The van der Waals surface area contributed by atoms with Crippen LogP contribution in [0.4, 0.5) is 11.4 Å². The van der Waals surface area contributed by atoms with Gasteiger partial charge in [-0.3, -0.25) is 9.59 Å². The number of halogens is 1. The summed E-state index contributed by atoms with van der Waals surface area (Å²) in [5.41, 5.74) is 2.09. The summed E-state index contributed by atoms with van der Waals surface area (Å²) >= 11 is 5.82. The number of amides is 1. The minimum Gasteiger partial charge on any atom is -0.374 e. The predicted octanol–water partition coefficient (Wildman–Crippen LogP) is 3.98. The number of hydrogen-bond donors (Lipinski definition) is 2. The summed E-state index contributed by atoms with van der Waals surface area (Å²) < 4.78 is 0. The molecule has 0 heterocycles. The molecule has 0 unspecified atom stereocenters. The fourth-order valence-corrected chi connectivity index (χ4v) is 2.03. The third-order valence-corrected chi connectivity index (χ3v) is 3.43. The summed E-state index contributed by atoms with van der Waals surface area (Å²) in [5.74, 6) is -0.166. The first-order chi connectivity index (χ1) is 10.5. The Hall–Kier alpha value is -2.33. The average molecular weight is 317 g/mol. The first-order valence-corrected chi connectivity index (χ1v) is 7.27. The molecule has 2 rings (SSSR count). The quantitative estimate of drug-likeness (QED) is 0.820. The summed E-state index contributed by atoms with van der Waals surface area (Å²) in [6, 6.07) is 13.5. The minimum atomic E-state index is -0.409. The number of nitrogens with one attached hydrogen (secondary N) is 2. The van der Waals surface area contributed by atoms with Crippen molar-refractivity contribution in [2.45, 2.75) is 19.9 Å². The third kappa shape index (κ3) is 4.33. The van der Waals surface area contributed by atoms with Crippen LogP contribution in [0.5, 0.6) is 0 Å². The first-order valence-electron chi connectivity index (χ1n) is 6.89. The maximum absolute atomic E-state index is 12.1. The molecular weight excluding hydrogens is 300 g/mol. The Morgan fingerprint density at radius 2 is 1.50 bits per heavy atom. The lowest BCUT2D eigenvalue weighted by atomic mass is 10.1. The summed E-state index contributed by atoms with van der Waals surface area (Å²) in [4.78, 5) is 23.3. The molecule has 4 nitrogen and oxygen atoms in total. The van der Waals surface area contributed by atoms with Crippen molar-refractivity contribution in [1.29, 1.82) is 0 Å². The Morgan fingerprint density at radius 3 is 2.05 bits per heavy atom. The third-order valence-electron chi connectivity index (χ3n) is 3.18. The standard InChI is InChI=1S/C17H17ClN2O2/c1-11(19-15-9-5-14(18)6-10-15)17(22)20-16-7-3-13(4-8-16)12(2)21/h3-11,19H,1-2H3,(H,20,22)/t11-/m0/s1. The van der Waals surface area contributed by atoms with Crippen molar-refractivity contribution in [1.82, 2.24) is 0 Å². The van der Waals surface area contributed by atoms with Gasteiger partial charge >= 0.3 is 0 Å².